The van der Waals surface area contributed by atoms with Crippen molar-refractivity contribution in [2.45, 2.75) is 39.2 Å². The summed E-state index contributed by atoms with van der Waals surface area (Å²) in [6.07, 6.45) is 3.44. The minimum atomic E-state index is 0.0131. The van der Waals surface area contributed by atoms with Gasteiger partial charge < -0.3 is 19.7 Å². The summed E-state index contributed by atoms with van der Waals surface area (Å²) in [5.74, 6) is 0. The van der Waals surface area contributed by atoms with Gasteiger partial charge in [0.1, 0.15) is 0 Å². The summed E-state index contributed by atoms with van der Waals surface area (Å²) in [4.78, 5) is 13.8. The molecule has 0 aromatic rings. The molecule has 1 saturated carbocycles. The molecule has 0 radical (unpaired) electrons. The first-order valence-electron chi connectivity index (χ1n) is 6.98. The van der Waals surface area contributed by atoms with E-state index in [-0.39, 0.29) is 6.03 Å². The van der Waals surface area contributed by atoms with Crippen molar-refractivity contribution < 1.29 is 14.3 Å². The lowest BCUT2D eigenvalue weighted by Gasteiger charge is -2.30. The molecule has 0 bridgehead atoms. The summed E-state index contributed by atoms with van der Waals surface area (Å²) in [5, 5.41) is 3.05. The number of amides is 2. The quantitative estimate of drug-likeness (QED) is 0.639. The fourth-order valence-corrected chi connectivity index (χ4v) is 1.77. The lowest BCUT2D eigenvalue weighted by Crippen LogP contribution is -2.49. The molecule has 5 nitrogen and oxygen atoms in total. The van der Waals surface area contributed by atoms with Crippen LogP contribution in [0.4, 0.5) is 4.79 Å². The van der Waals surface area contributed by atoms with Crippen LogP contribution in [0.1, 0.15) is 33.1 Å². The van der Waals surface area contributed by atoms with Crippen LogP contribution in [0.15, 0.2) is 0 Å². The Balaban J connectivity index is 2.27. The van der Waals surface area contributed by atoms with Crippen molar-refractivity contribution in [2.24, 2.45) is 0 Å². The van der Waals surface area contributed by atoms with E-state index in [0.29, 0.717) is 45.6 Å². The first-order valence-corrected chi connectivity index (χ1v) is 6.98. The predicted octanol–water partition coefficient (Wildman–Crippen LogP) is 1.62. The van der Waals surface area contributed by atoms with E-state index < -0.39 is 0 Å². The van der Waals surface area contributed by atoms with E-state index in [1.165, 1.54) is 6.42 Å². The van der Waals surface area contributed by atoms with Crippen LogP contribution in [0.3, 0.4) is 0 Å². The molecule has 1 aliphatic carbocycles. The first-order chi connectivity index (χ1) is 8.77. The summed E-state index contributed by atoms with van der Waals surface area (Å²) in [6.45, 7) is 7.70. The van der Waals surface area contributed by atoms with Gasteiger partial charge in [-0.25, -0.2) is 4.79 Å². The maximum Gasteiger partial charge on any atom is 0.317 e. The van der Waals surface area contributed by atoms with Crippen molar-refractivity contribution in [1.29, 1.82) is 0 Å². The summed E-state index contributed by atoms with van der Waals surface area (Å²) in [6, 6.07) is 0.387. The van der Waals surface area contributed by atoms with E-state index in [9.17, 15) is 4.79 Å². The Labute approximate surface area is 110 Å². The molecule has 106 valence electrons. The molecule has 1 N–H and O–H groups in total. The van der Waals surface area contributed by atoms with Crippen LogP contribution in [-0.4, -0.2) is 56.5 Å². The number of nitrogens with zero attached hydrogens (tertiary/aromatic N) is 1. The van der Waals surface area contributed by atoms with E-state index in [2.05, 4.69) is 5.32 Å². The first kappa shape index (κ1) is 15.2. The molecule has 1 rings (SSSR count). The molecule has 5 heteroatoms. The van der Waals surface area contributed by atoms with E-state index in [0.717, 1.165) is 12.8 Å². The van der Waals surface area contributed by atoms with Crippen LogP contribution in [-0.2, 0) is 9.47 Å². The molecule has 1 aliphatic rings. The van der Waals surface area contributed by atoms with Crippen LogP contribution < -0.4 is 5.32 Å². The number of rotatable bonds is 9. The van der Waals surface area contributed by atoms with Gasteiger partial charge in [-0.15, -0.1) is 0 Å². The fourth-order valence-electron chi connectivity index (χ4n) is 1.77. The average molecular weight is 258 g/mol. The zero-order valence-corrected chi connectivity index (χ0v) is 11.6. The largest absolute Gasteiger partial charge is 0.380 e. The monoisotopic (exact) mass is 258 g/mol. The Morgan fingerprint density at radius 3 is 2.11 bits per heavy atom. The number of carbonyl (C=O) groups excluding carboxylic acids is 1. The molecule has 0 aliphatic heterocycles. The summed E-state index contributed by atoms with van der Waals surface area (Å²) < 4.78 is 10.6. The van der Waals surface area contributed by atoms with Crippen molar-refractivity contribution >= 4 is 6.03 Å². The molecule has 0 spiro atoms. The third kappa shape index (κ3) is 5.69. The lowest BCUT2D eigenvalue weighted by atomic mass is 9.93. The molecule has 18 heavy (non-hydrogen) atoms. The summed E-state index contributed by atoms with van der Waals surface area (Å²) >= 11 is 0. The van der Waals surface area contributed by atoms with Crippen LogP contribution >= 0.6 is 0 Å². The Kier molecular flexibility index (Phi) is 7.76. The van der Waals surface area contributed by atoms with E-state index in [1.54, 1.807) is 4.90 Å². The van der Waals surface area contributed by atoms with Gasteiger partial charge in [-0.2, -0.15) is 0 Å². The SMILES string of the molecule is CCOCCN(CCOCC)C(=O)NC1CCC1. The highest BCUT2D eigenvalue weighted by Crippen LogP contribution is 2.18. The Morgan fingerprint density at radius 2 is 1.72 bits per heavy atom. The number of hydrogen-bond acceptors (Lipinski definition) is 3. The molecule has 2 amide bonds. The maximum atomic E-state index is 12.0. The van der Waals surface area contributed by atoms with Gasteiger partial charge in [0.15, 0.2) is 0 Å². The molecule has 0 atom stereocenters. The molecule has 1 fully saturated rings. The number of urea groups is 1. The highest BCUT2D eigenvalue weighted by molar-refractivity contribution is 5.74. The normalized spacial score (nSPS) is 15.2. The van der Waals surface area contributed by atoms with Crippen LogP contribution in [0, 0.1) is 0 Å². The number of nitrogens with one attached hydrogen (secondary N) is 1. The third-order valence-electron chi connectivity index (χ3n) is 3.14. The van der Waals surface area contributed by atoms with Crippen LogP contribution in [0.2, 0.25) is 0 Å². The van der Waals surface area contributed by atoms with Crippen LogP contribution in [0.25, 0.3) is 0 Å². The van der Waals surface area contributed by atoms with Crippen molar-refractivity contribution in [3.8, 4) is 0 Å². The van der Waals surface area contributed by atoms with Crippen molar-refractivity contribution in [1.82, 2.24) is 10.2 Å². The summed E-state index contributed by atoms with van der Waals surface area (Å²) in [7, 11) is 0. The summed E-state index contributed by atoms with van der Waals surface area (Å²) in [5.41, 5.74) is 0. The van der Waals surface area contributed by atoms with Gasteiger partial charge in [-0.05, 0) is 33.1 Å². The molecule has 0 aromatic heterocycles. The van der Waals surface area contributed by atoms with Crippen molar-refractivity contribution in [2.75, 3.05) is 39.5 Å². The Hall–Kier alpha value is -0.810. The van der Waals surface area contributed by atoms with Gasteiger partial charge in [-0.3, -0.25) is 0 Å². The Morgan fingerprint density at radius 1 is 1.17 bits per heavy atom. The number of hydrogen-bond donors (Lipinski definition) is 1. The van der Waals surface area contributed by atoms with Crippen molar-refractivity contribution in [3.05, 3.63) is 0 Å². The minimum absolute atomic E-state index is 0.0131. The second kappa shape index (κ2) is 9.16. The zero-order chi connectivity index (χ0) is 13.2. The highest BCUT2D eigenvalue weighted by atomic mass is 16.5. The number of carbonyl (C=O) groups is 1. The van der Waals surface area contributed by atoms with Crippen molar-refractivity contribution in [3.63, 3.8) is 0 Å². The zero-order valence-electron chi connectivity index (χ0n) is 11.6. The molecular formula is C13H26N2O3. The van der Waals surface area contributed by atoms with E-state index in [4.69, 9.17) is 9.47 Å². The molecule has 0 aromatic carbocycles. The topological polar surface area (TPSA) is 50.8 Å². The van der Waals surface area contributed by atoms with Gasteiger partial charge in [0.2, 0.25) is 0 Å². The van der Waals surface area contributed by atoms with Gasteiger partial charge in [0.05, 0.1) is 13.2 Å². The van der Waals surface area contributed by atoms with Gasteiger partial charge >= 0.3 is 6.03 Å². The standard InChI is InChI=1S/C13H26N2O3/c1-3-17-10-8-15(9-11-18-4-2)13(16)14-12-6-5-7-12/h12H,3-11H2,1-2H3,(H,14,16). The van der Waals surface area contributed by atoms with Gasteiger partial charge in [-0.1, -0.05) is 0 Å². The smallest absolute Gasteiger partial charge is 0.317 e. The number of ether oxygens (including phenoxy) is 2. The third-order valence-corrected chi connectivity index (χ3v) is 3.14. The van der Waals surface area contributed by atoms with Gasteiger partial charge in [0, 0.05) is 32.3 Å². The minimum Gasteiger partial charge on any atom is -0.380 e. The second-order valence-corrected chi connectivity index (χ2v) is 4.46. The lowest BCUT2D eigenvalue weighted by molar-refractivity contribution is 0.0906. The van der Waals surface area contributed by atoms with E-state index in [1.807, 2.05) is 13.8 Å². The van der Waals surface area contributed by atoms with Gasteiger partial charge in [0.25, 0.3) is 0 Å². The van der Waals surface area contributed by atoms with Crippen LogP contribution in [0.5, 0.6) is 0 Å². The Bertz CT molecular complexity index is 222. The predicted molar refractivity (Wildman–Crippen MR) is 70.7 cm³/mol. The molecule has 0 unspecified atom stereocenters. The molecule has 0 heterocycles. The maximum absolute atomic E-state index is 12.0. The molecular weight excluding hydrogens is 232 g/mol. The fraction of sp³-hybridized carbons (Fsp3) is 0.923. The average Bonchev–Trinajstić information content (AvgIpc) is 2.32. The highest BCUT2D eigenvalue weighted by Gasteiger charge is 2.22. The van der Waals surface area contributed by atoms with E-state index >= 15 is 0 Å². The molecule has 0 saturated heterocycles. The second-order valence-electron chi connectivity index (χ2n) is 4.46.